The highest BCUT2D eigenvalue weighted by atomic mass is 16.7. The van der Waals surface area contributed by atoms with Crippen molar-refractivity contribution in [2.24, 2.45) is 0 Å². The van der Waals surface area contributed by atoms with E-state index in [2.05, 4.69) is 0 Å². The van der Waals surface area contributed by atoms with Gasteiger partial charge in [0, 0.05) is 0 Å². The van der Waals surface area contributed by atoms with Gasteiger partial charge in [0.1, 0.15) is 30.5 Å². The third-order valence-corrected chi connectivity index (χ3v) is 7.18. The SMILES string of the molecule is O[C@@H](COCc1ccccc1)[C@H]1O[C@H](O)[C@H](OCc2ccccc2)[C@@H](OCc2ccccc2)[C@@H]1OCc1ccccc1. The smallest absolute Gasteiger partial charge is 0.184 e. The summed E-state index contributed by atoms with van der Waals surface area (Å²) in [6, 6.07) is 39.0. The van der Waals surface area contributed by atoms with E-state index in [1.807, 2.05) is 121 Å². The van der Waals surface area contributed by atoms with Crippen LogP contribution in [0.4, 0.5) is 0 Å². The second-order valence-electron chi connectivity index (χ2n) is 10.3. The third kappa shape index (κ3) is 8.56. The quantitative estimate of drug-likeness (QED) is 0.220. The lowest BCUT2D eigenvalue weighted by Gasteiger charge is -2.45. The van der Waals surface area contributed by atoms with Crippen LogP contribution in [0.3, 0.4) is 0 Å². The van der Waals surface area contributed by atoms with E-state index >= 15 is 0 Å². The third-order valence-electron chi connectivity index (χ3n) is 7.18. The Morgan fingerprint density at radius 3 is 1.36 bits per heavy atom. The van der Waals surface area contributed by atoms with E-state index < -0.39 is 36.8 Å². The number of aliphatic hydroxyl groups excluding tert-OH is 2. The second kappa shape index (κ2) is 15.7. The average molecular weight is 571 g/mol. The first kappa shape index (κ1) is 30.1. The summed E-state index contributed by atoms with van der Waals surface area (Å²) in [5.74, 6) is 0. The largest absolute Gasteiger partial charge is 0.388 e. The van der Waals surface area contributed by atoms with Gasteiger partial charge in [-0.15, -0.1) is 0 Å². The molecule has 0 aliphatic carbocycles. The van der Waals surface area contributed by atoms with Crippen molar-refractivity contribution in [1.29, 1.82) is 0 Å². The number of hydrogen-bond acceptors (Lipinski definition) is 7. The van der Waals surface area contributed by atoms with E-state index in [4.69, 9.17) is 23.7 Å². The van der Waals surface area contributed by atoms with Crippen LogP contribution in [0, 0.1) is 0 Å². The molecule has 0 radical (unpaired) electrons. The van der Waals surface area contributed by atoms with E-state index in [9.17, 15) is 10.2 Å². The summed E-state index contributed by atoms with van der Waals surface area (Å²) in [6.07, 6.45) is -5.79. The van der Waals surface area contributed by atoms with Gasteiger partial charge in [0.2, 0.25) is 0 Å². The molecular weight excluding hydrogens is 532 g/mol. The summed E-state index contributed by atoms with van der Waals surface area (Å²) in [5, 5.41) is 22.5. The van der Waals surface area contributed by atoms with Gasteiger partial charge < -0.3 is 33.9 Å². The highest BCUT2D eigenvalue weighted by Crippen LogP contribution is 2.31. The van der Waals surface area contributed by atoms with Crippen molar-refractivity contribution in [1.82, 2.24) is 0 Å². The van der Waals surface area contributed by atoms with Crippen molar-refractivity contribution in [3.05, 3.63) is 144 Å². The highest BCUT2D eigenvalue weighted by Gasteiger charge is 2.50. The molecule has 0 unspecified atom stereocenters. The summed E-state index contributed by atoms with van der Waals surface area (Å²) < 4.78 is 31.0. The molecule has 0 saturated carbocycles. The van der Waals surface area contributed by atoms with E-state index in [0.717, 1.165) is 22.3 Å². The van der Waals surface area contributed by atoms with Crippen LogP contribution >= 0.6 is 0 Å². The maximum Gasteiger partial charge on any atom is 0.184 e. The molecule has 1 saturated heterocycles. The highest BCUT2D eigenvalue weighted by molar-refractivity contribution is 5.16. The molecule has 42 heavy (non-hydrogen) atoms. The lowest BCUT2D eigenvalue weighted by molar-refractivity contribution is -0.325. The monoisotopic (exact) mass is 570 g/mol. The van der Waals surface area contributed by atoms with Crippen molar-refractivity contribution >= 4 is 0 Å². The zero-order valence-corrected chi connectivity index (χ0v) is 23.5. The lowest BCUT2D eigenvalue weighted by atomic mass is 9.94. The molecule has 5 rings (SSSR count). The van der Waals surface area contributed by atoms with E-state index in [0.29, 0.717) is 6.61 Å². The van der Waals surface area contributed by atoms with Crippen LogP contribution in [0.5, 0.6) is 0 Å². The maximum atomic E-state index is 11.3. The predicted molar refractivity (Wildman–Crippen MR) is 158 cm³/mol. The topological polar surface area (TPSA) is 86.6 Å². The summed E-state index contributed by atoms with van der Waals surface area (Å²) in [4.78, 5) is 0. The van der Waals surface area contributed by atoms with Gasteiger partial charge in [-0.2, -0.15) is 0 Å². The molecule has 220 valence electrons. The Balaban J connectivity index is 1.36. The molecule has 0 spiro atoms. The molecule has 1 aliphatic heterocycles. The fraction of sp³-hybridized carbons (Fsp3) is 0.314. The number of benzene rings is 4. The minimum absolute atomic E-state index is 0.0155. The minimum Gasteiger partial charge on any atom is -0.388 e. The van der Waals surface area contributed by atoms with E-state index in [1.165, 1.54) is 0 Å². The minimum atomic E-state index is -1.36. The van der Waals surface area contributed by atoms with E-state index in [-0.39, 0.29) is 26.4 Å². The number of hydrogen-bond donors (Lipinski definition) is 2. The van der Waals surface area contributed by atoms with Gasteiger partial charge in [-0.05, 0) is 22.3 Å². The Morgan fingerprint density at radius 2 is 0.905 bits per heavy atom. The molecule has 1 fully saturated rings. The molecule has 0 bridgehead atoms. The van der Waals surface area contributed by atoms with Gasteiger partial charge in [0.15, 0.2) is 6.29 Å². The van der Waals surface area contributed by atoms with Crippen LogP contribution in [0.25, 0.3) is 0 Å². The van der Waals surface area contributed by atoms with Crippen LogP contribution in [0.1, 0.15) is 22.3 Å². The molecule has 4 aromatic rings. The van der Waals surface area contributed by atoms with Crippen molar-refractivity contribution in [2.75, 3.05) is 6.61 Å². The van der Waals surface area contributed by atoms with Crippen molar-refractivity contribution in [2.45, 2.75) is 63.2 Å². The average Bonchev–Trinajstić information content (AvgIpc) is 3.04. The zero-order valence-electron chi connectivity index (χ0n) is 23.5. The molecule has 1 heterocycles. The van der Waals surface area contributed by atoms with Gasteiger partial charge >= 0.3 is 0 Å². The fourth-order valence-corrected chi connectivity index (χ4v) is 4.98. The molecule has 0 aromatic heterocycles. The van der Waals surface area contributed by atoms with Crippen LogP contribution in [0.2, 0.25) is 0 Å². The molecular formula is C35H38O7. The molecule has 6 atom stereocenters. The first-order valence-corrected chi connectivity index (χ1v) is 14.3. The van der Waals surface area contributed by atoms with E-state index in [1.54, 1.807) is 0 Å². The summed E-state index contributed by atoms with van der Waals surface area (Å²) in [6.45, 7) is 1.09. The fourth-order valence-electron chi connectivity index (χ4n) is 4.98. The number of ether oxygens (including phenoxy) is 5. The normalized spacial score (nSPS) is 23.0. The van der Waals surface area contributed by atoms with Crippen molar-refractivity contribution in [3.63, 3.8) is 0 Å². The van der Waals surface area contributed by atoms with Crippen LogP contribution < -0.4 is 0 Å². The van der Waals surface area contributed by atoms with Gasteiger partial charge in [0.25, 0.3) is 0 Å². The van der Waals surface area contributed by atoms with Gasteiger partial charge in [0.05, 0.1) is 33.0 Å². The van der Waals surface area contributed by atoms with Crippen LogP contribution in [-0.2, 0) is 50.1 Å². The second-order valence-corrected chi connectivity index (χ2v) is 10.3. The first-order valence-electron chi connectivity index (χ1n) is 14.3. The van der Waals surface area contributed by atoms with Crippen molar-refractivity contribution < 1.29 is 33.9 Å². The Labute approximate surface area is 247 Å². The molecule has 7 nitrogen and oxygen atoms in total. The van der Waals surface area contributed by atoms with Crippen LogP contribution in [0.15, 0.2) is 121 Å². The van der Waals surface area contributed by atoms with Crippen molar-refractivity contribution in [3.8, 4) is 0 Å². The lowest BCUT2D eigenvalue weighted by Crippen LogP contribution is -2.63. The van der Waals surface area contributed by atoms with Gasteiger partial charge in [-0.3, -0.25) is 0 Å². The Hall–Kier alpha value is -3.40. The molecule has 7 heteroatoms. The Morgan fingerprint density at radius 1 is 0.524 bits per heavy atom. The summed E-state index contributed by atoms with van der Waals surface area (Å²) in [7, 11) is 0. The van der Waals surface area contributed by atoms with Gasteiger partial charge in [-0.25, -0.2) is 0 Å². The Kier molecular flexibility index (Phi) is 11.3. The molecule has 2 N–H and O–H groups in total. The molecule has 4 aromatic carbocycles. The standard InChI is InChI=1S/C35H38O7/c36-30(25-38-21-26-13-5-1-6-14-26)31-32(39-22-27-15-7-2-8-16-27)33(40-23-28-17-9-3-10-18-28)34(35(37)42-31)41-24-29-19-11-4-12-20-29/h1-20,30-37H,21-25H2/t30-,31+,32+,33-,34+,35-/m0/s1. The predicted octanol–water partition coefficient (Wildman–Crippen LogP) is 5.04. The number of aliphatic hydroxyl groups is 2. The zero-order chi connectivity index (χ0) is 29.0. The van der Waals surface area contributed by atoms with Gasteiger partial charge in [-0.1, -0.05) is 121 Å². The first-order chi connectivity index (χ1) is 20.7. The number of rotatable bonds is 14. The molecule has 1 aliphatic rings. The Bertz CT molecular complexity index is 1290. The van der Waals surface area contributed by atoms with Crippen LogP contribution in [-0.4, -0.2) is 53.6 Å². The summed E-state index contributed by atoms with van der Waals surface area (Å²) in [5.41, 5.74) is 3.86. The maximum absolute atomic E-state index is 11.3. The molecule has 0 amide bonds. The summed E-state index contributed by atoms with van der Waals surface area (Å²) >= 11 is 0.